The summed E-state index contributed by atoms with van der Waals surface area (Å²) in [6, 6.07) is 0. The van der Waals surface area contributed by atoms with Gasteiger partial charge in [-0.05, 0) is 46.6 Å². The minimum atomic E-state index is -1.67. The van der Waals surface area contributed by atoms with Crippen LogP contribution in [0.2, 0.25) is 38.3 Å². The molecule has 0 bridgehead atoms. The molecule has 0 aliphatic heterocycles. The highest BCUT2D eigenvalue weighted by molar-refractivity contribution is 6.85. The third-order valence-corrected chi connectivity index (χ3v) is 10.2. The van der Waals surface area contributed by atoms with E-state index in [4.69, 9.17) is 8.85 Å². The lowest BCUT2D eigenvalue weighted by molar-refractivity contribution is 0.0769. The second-order valence-electron chi connectivity index (χ2n) is 6.58. The van der Waals surface area contributed by atoms with Crippen LogP contribution >= 0.6 is 0 Å². The highest BCUT2D eigenvalue weighted by atomic mass is 28.4. The molecule has 0 fully saturated rings. The van der Waals surface area contributed by atoms with Gasteiger partial charge in [0.15, 0.2) is 16.6 Å². The molecule has 0 N–H and O–H groups in total. The van der Waals surface area contributed by atoms with Gasteiger partial charge in [-0.3, -0.25) is 0 Å². The van der Waals surface area contributed by atoms with Crippen LogP contribution < -0.4 is 0 Å². The van der Waals surface area contributed by atoms with Crippen LogP contribution in [0.5, 0.6) is 0 Å². The van der Waals surface area contributed by atoms with Gasteiger partial charge in [-0.25, -0.2) is 0 Å². The van der Waals surface area contributed by atoms with Gasteiger partial charge >= 0.3 is 0 Å². The van der Waals surface area contributed by atoms with E-state index in [0.29, 0.717) is 12.1 Å². The van der Waals surface area contributed by atoms with Gasteiger partial charge in [0.1, 0.15) is 0 Å². The first-order chi connectivity index (χ1) is 7.46. The van der Waals surface area contributed by atoms with Crippen molar-refractivity contribution in [1.82, 2.24) is 0 Å². The molecule has 2 nitrogen and oxygen atoms in total. The van der Waals surface area contributed by atoms with E-state index in [-0.39, 0.29) is 6.10 Å². The average molecular weight is 275 g/mol. The van der Waals surface area contributed by atoms with Gasteiger partial charge in [0, 0.05) is 5.54 Å². The van der Waals surface area contributed by atoms with Crippen LogP contribution in [-0.4, -0.2) is 29.3 Å². The number of hydrogen-bond donors (Lipinski definition) is 0. The molecule has 0 amide bonds. The van der Waals surface area contributed by atoms with Gasteiger partial charge in [-0.2, -0.15) is 0 Å². The number of hydrogen-bond acceptors (Lipinski definition) is 2. The van der Waals surface area contributed by atoms with E-state index < -0.39 is 16.6 Å². The molecule has 0 saturated heterocycles. The van der Waals surface area contributed by atoms with Gasteiger partial charge in [-0.15, -0.1) is 0 Å². The van der Waals surface area contributed by atoms with E-state index in [1.165, 1.54) is 0 Å². The SMILES string of the molecule is C=C(C)COC(C)C(C)[Si](C)(C)O[Si](C)(C)C. The molecular weight excluding hydrogens is 244 g/mol. The molecule has 0 aromatic rings. The summed E-state index contributed by atoms with van der Waals surface area (Å²) in [5.41, 5.74) is 1.57. The maximum Gasteiger partial charge on any atom is 0.178 e. The highest BCUT2D eigenvalue weighted by Crippen LogP contribution is 2.30. The first-order valence-corrected chi connectivity index (χ1v) is 12.8. The van der Waals surface area contributed by atoms with E-state index in [9.17, 15) is 0 Å². The minimum absolute atomic E-state index is 0.240. The minimum Gasteiger partial charge on any atom is -0.455 e. The summed E-state index contributed by atoms with van der Waals surface area (Å²) in [5, 5.41) is 0. The topological polar surface area (TPSA) is 18.5 Å². The van der Waals surface area contributed by atoms with Crippen molar-refractivity contribution in [2.75, 3.05) is 6.61 Å². The Balaban J connectivity index is 4.45. The number of rotatable bonds is 7. The molecule has 2 atom stereocenters. The second-order valence-corrected chi connectivity index (χ2v) is 15.7. The first-order valence-electron chi connectivity index (χ1n) is 6.42. The van der Waals surface area contributed by atoms with E-state index >= 15 is 0 Å². The zero-order valence-corrected chi connectivity index (χ0v) is 14.9. The van der Waals surface area contributed by atoms with Crippen LogP contribution in [0.25, 0.3) is 0 Å². The fourth-order valence-electron chi connectivity index (χ4n) is 1.87. The lowest BCUT2D eigenvalue weighted by Crippen LogP contribution is -2.48. The molecule has 0 aromatic carbocycles. The van der Waals surface area contributed by atoms with Crippen molar-refractivity contribution in [3.05, 3.63) is 12.2 Å². The molecule has 0 aromatic heterocycles. The zero-order chi connectivity index (χ0) is 13.9. The Morgan fingerprint density at radius 1 is 1.12 bits per heavy atom. The van der Waals surface area contributed by atoms with Gasteiger partial charge in [0.2, 0.25) is 0 Å². The van der Waals surface area contributed by atoms with Crippen LogP contribution in [0.1, 0.15) is 20.8 Å². The van der Waals surface area contributed by atoms with Crippen LogP contribution in [0.15, 0.2) is 12.2 Å². The Morgan fingerprint density at radius 2 is 1.59 bits per heavy atom. The Labute approximate surface area is 110 Å². The van der Waals surface area contributed by atoms with Crippen LogP contribution in [0, 0.1) is 0 Å². The monoisotopic (exact) mass is 274 g/mol. The Morgan fingerprint density at radius 3 is 1.94 bits per heavy atom. The van der Waals surface area contributed by atoms with E-state index in [0.717, 1.165) is 5.57 Å². The van der Waals surface area contributed by atoms with Crippen molar-refractivity contribution in [1.29, 1.82) is 0 Å². The standard InChI is InChI=1S/C13H30O2Si2/c1-11(2)10-14-12(3)13(4)17(8,9)15-16(5,6)7/h12-13H,1,10H2,2-9H3. The first kappa shape index (κ1) is 17.1. The molecule has 2 unspecified atom stereocenters. The molecule has 0 radical (unpaired) electrons. The Kier molecular flexibility index (Phi) is 6.35. The smallest absolute Gasteiger partial charge is 0.178 e. The molecular formula is C13H30O2Si2. The second kappa shape index (κ2) is 6.32. The Bertz CT molecular complexity index is 257. The van der Waals surface area contributed by atoms with Crippen molar-refractivity contribution in [3.63, 3.8) is 0 Å². The lowest BCUT2D eigenvalue weighted by atomic mass is 10.3. The van der Waals surface area contributed by atoms with Crippen LogP contribution in [-0.2, 0) is 8.85 Å². The molecule has 17 heavy (non-hydrogen) atoms. The average Bonchev–Trinajstić information content (AvgIpc) is 2.08. The summed E-state index contributed by atoms with van der Waals surface area (Å²) in [6.45, 7) is 22.3. The van der Waals surface area contributed by atoms with Crippen molar-refractivity contribution < 1.29 is 8.85 Å². The highest BCUT2D eigenvalue weighted by Gasteiger charge is 2.37. The summed E-state index contributed by atoms with van der Waals surface area (Å²) in [4.78, 5) is 0. The van der Waals surface area contributed by atoms with Gasteiger partial charge in [0.25, 0.3) is 0 Å². The largest absolute Gasteiger partial charge is 0.455 e. The van der Waals surface area contributed by atoms with Crippen molar-refractivity contribution in [2.24, 2.45) is 0 Å². The molecule has 4 heteroatoms. The number of ether oxygens (including phenoxy) is 1. The quantitative estimate of drug-likeness (QED) is 0.505. The van der Waals surface area contributed by atoms with E-state index in [1.807, 2.05) is 6.92 Å². The lowest BCUT2D eigenvalue weighted by Gasteiger charge is -2.38. The summed E-state index contributed by atoms with van der Waals surface area (Å²) >= 11 is 0. The molecule has 0 rings (SSSR count). The summed E-state index contributed by atoms with van der Waals surface area (Å²) in [7, 11) is -3.13. The van der Waals surface area contributed by atoms with Crippen molar-refractivity contribution in [2.45, 2.75) is 65.2 Å². The van der Waals surface area contributed by atoms with Crippen LogP contribution in [0.3, 0.4) is 0 Å². The molecule has 0 aliphatic rings. The predicted molar refractivity (Wildman–Crippen MR) is 81.6 cm³/mol. The summed E-state index contributed by atoms with van der Waals surface area (Å²) < 4.78 is 12.2. The fourth-order valence-corrected chi connectivity index (χ4v) is 10.1. The van der Waals surface area contributed by atoms with Crippen LogP contribution in [0.4, 0.5) is 0 Å². The van der Waals surface area contributed by atoms with E-state index in [1.54, 1.807) is 0 Å². The molecule has 0 aliphatic carbocycles. The fraction of sp³-hybridized carbons (Fsp3) is 0.846. The summed E-state index contributed by atoms with van der Waals surface area (Å²) in [5.74, 6) is 0. The summed E-state index contributed by atoms with van der Waals surface area (Å²) in [6.07, 6.45) is 0.240. The molecule has 102 valence electrons. The van der Waals surface area contributed by atoms with Gasteiger partial charge < -0.3 is 8.85 Å². The van der Waals surface area contributed by atoms with Gasteiger partial charge in [-0.1, -0.05) is 19.1 Å². The van der Waals surface area contributed by atoms with Gasteiger partial charge in [0.05, 0.1) is 12.7 Å². The normalized spacial score (nSPS) is 16.7. The molecule has 0 heterocycles. The maximum atomic E-state index is 6.39. The Hall–Kier alpha value is 0.0938. The van der Waals surface area contributed by atoms with Crippen molar-refractivity contribution in [3.8, 4) is 0 Å². The van der Waals surface area contributed by atoms with Crippen molar-refractivity contribution >= 4 is 16.6 Å². The maximum absolute atomic E-state index is 6.39. The molecule has 0 saturated carbocycles. The third kappa shape index (κ3) is 7.18. The van der Waals surface area contributed by atoms with E-state index in [2.05, 4.69) is 53.2 Å². The molecule has 0 spiro atoms. The predicted octanol–water partition coefficient (Wildman–Crippen LogP) is 4.41. The third-order valence-electron chi connectivity index (χ3n) is 2.96. The zero-order valence-electron chi connectivity index (χ0n) is 12.9.